The van der Waals surface area contributed by atoms with Crippen molar-refractivity contribution in [3.8, 4) is 0 Å². The lowest BCUT2D eigenvalue weighted by atomic mass is 10.1. The summed E-state index contributed by atoms with van der Waals surface area (Å²) >= 11 is 5.71. The molecule has 0 atom stereocenters. The molecule has 4 nitrogen and oxygen atoms in total. The summed E-state index contributed by atoms with van der Waals surface area (Å²) in [5, 5.41) is 9.10. The van der Waals surface area contributed by atoms with Crippen LogP contribution in [0.1, 0.15) is 15.9 Å². The number of ketones is 1. The molecule has 1 rings (SSSR count). The van der Waals surface area contributed by atoms with Gasteiger partial charge in [-0.25, -0.2) is 9.18 Å². The summed E-state index contributed by atoms with van der Waals surface area (Å²) in [6, 6.07) is 2.77. The number of carbonyl (C=O) groups excluding carboxylic acids is 2. The minimum Gasteiger partial charge on any atom is -0.502 e. The fraction of sp³-hybridized carbons (Fsp3) is 0.167. The van der Waals surface area contributed by atoms with Crippen LogP contribution >= 0.6 is 11.6 Å². The number of aliphatic hydroxyl groups excluding tert-OH is 1. The quantitative estimate of drug-likeness (QED) is 0.398. The van der Waals surface area contributed by atoms with Crippen LogP contribution in [0, 0.1) is 12.7 Å². The summed E-state index contributed by atoms with van der Waals surface area (Å²) in [6.07, 6.45) is 0.565. The van der Waals surface area contributed by atoms with Crippen LogP contribution in [0.2, 0.25) is 5.02 Å². The van der Waals surface area contributed by atoms with Crippen molar-refractivity contribution >= 4 is 23.4 Å². The molecule has 0 bridgehead atoms. The molecular weight excluding hydrogens is 263 g/mol. The van der Waals surface area contributed by atoms with Crippen molar-refractivity contribution in [2.45, 2.75) is 6.92 Å². The Morgan fingerprint density at radius 2 is 2.06 bits per heavy atom. The number of hydrogen-bond acceptors (Lipinski definition) is 4. The number of allylic oxidation sites excluding steroid dienone is 1. The van der Waals surface area contributed by atoms with Gasteiger partial charge in [-0.2, -0.15) is 0 Å². The first kappa shape index (κ1) is 14.2. The van der Waals surface area contributed by atoms with Crippen LogP contribution in [-0.4, -0.2) is 24.0 Å². The lowest BCUT2D eigenvalue weighted by Crippen LogP contribution is -2.09. The van der Waals surface area contributed by atoms with Crippen molar-refractivity contribution in [1.29, 1.82) is 0 Å². The molecule has 0 fully saturated rings. The summed E-state index contributed by atoms with van der Waals surface area (Å²) in [5.41, 5.74) is -0.166. The third-order valence-corrected chi connectivity index (χ3v) is 2.51. The fourth-order valence-corrected chi connectivity index (χ4v) is 1.48. The molecule has 0 saturated carbocycles. The number of aliphatic hydroxyl groups is 1. The van der Waals surface area contributed by atoms with Gasteiger partial charge in [-0.3, -0.25) is 4.79 Å². The van der Waals surface area contributed by atoms with E-state index in [1.54, 1.807) is 0 Å². The molecule has 1 aromatic rings. The molecule has 0 heterocycles. The number of ether oxygens (including phenoxy) is 1. The predicted molar refractivity (Wildman–Crippen MR) is 63.2 cm³/mol. The number of benzene rings is 1. The lowest BCUT2D eigenvalue weighted by Gasteiger charge is -2.05. The molecule has 0 aliphatic carbocycles. The molecule has 0 aliphatic rings. The molecule has 0 amide bonds. The maximum absolute atomic E-state index is 13.7. The van der Waals surface area contributed by atoms with Crippen LogP contribution < -0.4 is 0 Å². The molecule has 0 unspecified atom stereocenters. The normalized spacial score (nSPS) is 11.2. The highest BCUT2D eigenvalue weighted by Crippen LogP contribution is 2.23. The van der Waals surface area contributed by atoms with Gasteiger partial charge in [0.2, 0.25) is 5.76 Å². The van der Waals surface area contributed by atoms with E-state index in [2.05, 4.69) is 4.74 Å². The maximum Gasteiger partial charge on any atom is 0.373 e. The Hall–Kier alpha value is -1.88. The molecular formula is C12H10ClFO4. The smallest absolute Gasteiger partial charge is 0.373 e. The van der Waals surface area contributed by atoms with E-state index in [-0.39, 0.29) is 10.6 Å². The second kappa shape index (κ2) is 5.64. The molecule has 1 N–H and O–H groups in total. The van der Waals surface area contributed by atoms with Crippen LogP contribution in [-0.2, 0) is 9.53 Å². The van der Waals surface area contributed by atoms with Crippen molar-refractivity contribution in [3.63, 3.8) is 0 Å². The van der Waals surface area contributed by atoms with Crippen molar-refractivity contribution < 1.29 is 23.8 Å². The summed E-state index contributed by atoms with van der Waals surface area (Å²) in [6.45, 7) is 1.46. The highest BCUT2D eigenvalue weighted by molar-refractivity contribution is 6.34. The minimum absolute atomic E-state index is 0.1000. The number of methoxy groups -OCH3 is 1. The Morgan fingerprint density at radius 1 is 1.44 bits per heavy atom. The molecule has 0 spiro atoms. The molecule has 18 heavy (non-hydrogen) atoms. The van der Waals surface area contributed by atoms with E-state index in [1.165, 1.54) is 19.1 Å². The van der Waals surface area contributed by atoms with E-state index in [1.807, 2.05) is 0 Å². The van der Waals surface area contributed by atoms with E-state index < -0.39 is 28.9 Å². The molecule has 1 aromatic carbocycles. The first-order chi connectivity index (χ1) is 8.38. The van der Waals surface area contributed by atoms with Crippen LogP contribution in [0.3, 0.4) is 0 Å². The predicted octanol–water partition coefficient (Wildman–Crippen LogP) is 2.59. The Balaban J connectivity index is 3.21. The van der Waals surface area contributed by atoms with Crippen molar-refractivity contribution in [2.24, 2.45) is 0 Å². The number of aryl methyl sites for hydroxylation is 1. The van der Waals surface area contributed by atoms with Gasteiger partial charge in [-0.05, 0) is 18.6 Å². The van der Waals surface area contributed by atoms with Crippen LogP contribution in [0.5, 0.6) is 0 Å². The molecule has 96 valence electrons. The van der Waals surface area contributed by atoms with Gasteiger partial charge in [0.1, 0.15) is 5.82 Å². The van der Waals surface area contributed by atoms with Gasteiger partial charge in [0.15, 0.2) is 5.78 Å². The number of rotatable bonds is 3. The molecule has 0 aliphatic heterocycles. The van der Waals surface area contributed by atoms with Gasteiger partial charge in [0, 0.05) is 6.08 Å². The number of esters is 1. The number of halogens is 2. The van der Waals surface area contributed by atoms with Crippen molar-refractivity contribution in [3.05, 3.63) is 45.9 Å². The van der Waals surface area contributed by atoms with Gasteiger partial charge in [0.25, 0.3) is 0 Å². The largest absolute Gasteiger partial charge is 0.502 e. The monoisotopic (exact) mass is 272 g/mol. The Bertz CT molecular complexity index is 537. The summed E-state index contributed by atoms with van der Waals surface area (Å²) in [4.78, 5) is 22.6. The topological polar surface area (TPSA) is 63.6 Å². The van der Waals surface area contributed by atoms with Gasteiger partial charge in [-0.1, -0.05) is 17.7 Å². The lowest BCUT2D eigenvalue weighted by molar-refractivity contribution is -0.139. The Morgan fingerprint density at radius 3 is 2.61 bits per heavy atom. The highest BCUT2D eigenvalue weighted by Gasteiger charge is 2.18. The van der Waals surface area contributed by atoms with E-state index in [0.29, 0.717) is 6.08 Å². The molecule has 0 saturated heterocycles. The minimum atomic E-state index is -1.09. The molecule has 0 radical (unpaired) electrons. The van der Waals surface area contributed by atoms with Crippen LogP contribution in [0.25, 0.3) is 0 Å². The van der Waals surface area contributed by atoms with E-state index in [0.717, 1.165) is 7.11 Å². The van der Waals surface area contributed by atoms with Crippen molar-refractivity contribution in [1.82, 2.24) is 0 Å². The van der Waals surface area contributed by atoms with E-state index >= 15 is 0 Å². The van der Waals surface area contributed by atoms with E-state index in [9.17, 15) is 19.1 Å². The van der Waals surface area contributed by atoms with Gasteiger partial charge in [0.05, 0.1) is 17.7 Å². The fourth-order valence-electron chi connectivity index (χ4n) is 1.24. The third-order valence-electron chi connectivity index (χ3n) is 2.19. The Kier molecular flexibility index (Phi) is 4.44. The summed E-state index contributed by atoms with van der Waals surface area (Å²) in [5.74, 6) is -3.71. The van der Waals surface area contributed by atoms with E-state index in [4.69, 9.17) is 11.6 Å². The van der Waals surface area contributed by atoms with Gasteiger partial charge < -0.3 is 9.84 Å². The maximum atomic E-state index is 13.7. The average molecular weight is 273 g/mol. The SMILES string of the molecule is COC(=O)C(O)=CC(=O)c1c(Cl)ccc(C)c1F. The number of hydrogen-bond donors (Lipinski definition) is 1. The zero-order valence-electron chi connectivity index (χ0n) is 9.66. The molecule has 6 heteroatoms. The average Bonchev–Trinajstić information content (AvgIpc) is 2.33. The zero-order chi connectivity index (χ0) is 13.9. The van der Waals surface area contributed by atoms with Crippen LogP contribution in [0.4, 0.5) is 4.39 Å². The summed E-state index contributed by atoms with van der Waals surface area (Å²) in [7, 11) is 1.04. The van der Waals surface area contributed by atoms with Crippen molar-refractivity contribution in [2.75, 3.05) is 7.11 Å². The molecule has 0 aromatic heterocycles. The first-order valence-electron chi connectivity index (χ1n) is 4.86. The van der Waals surface area contributed by atoms with Gasteiger partial charge in [-0.15, -0.1) is 0 Å². The van der Waals surface area contributed by atoms with Gasteiger partial charge >= 0.3 is 5.97 Å². The third kappa shape index (κ3) is 2.87. The Labute approximate surface area is 108 Å². The highest BCUT2D eigenvalue weighted by atomic mass is 35.5. The second-order valence-corrected chi connectivity index (χ2v) is 3.85. The number of carbonyl (C=O) groups is 2. The standard InChI is InChI=1S/C12H10ClFO4/c1-6-3-4-7(13)10(11(6)14)8(15)5-9(16)12(17)18-2/h3-5,16H,1-2H3. The summed E-state index contributed by atoms with van der Waals surface area (Å²) < 4.78 is 17.9. The van der Waals surface area contributed by atoms with Crippen LogP contribution in [0.15, 0.2) is 24.0 Å². The second-order valence-electron chi connectivity index (χ2n) is 3.44. The first-order valence-corrected chi connectivity index (χ1v) is 5.24. The zero-order valence-corrected chi connectivity index (χ0v) is 10.4.